The van der Waals surface area contributed by atoms with Crippen molar-refractivity contribution in [2.75, 3.05) is 47.5 Å². The van der Waals surface area contributed by atoms with Crippen LogP contribution in [0, 0.1) is 0 Å². The van der Waals surface area contributed by atoms with Gasteiger partial charge in [-0.1, -0.05) is 62.6 Å². The van der Waals surface area contributed by atoms with E-state index in [1.165, 1.54) is 6.92 Å². The van der Waals surface area contributed by atoms with Gasteiger partial charge in [-0.3, -0.25) is 18.6 Å². The van der Waals surface area contributed by atoms with E-state index in [9.17, 15) is 19.0 Å². The van der Waals surface area contributed by atoms with Gasteiger partial charge in [0.1, 0.15) is 19.8 Å². The molecule has 220 valence electrons. The SMILES string of the molecule is CC/C=C\C/C=C\C/C=C\CCCCCCCC(=O)OC(COC(C)=O)COP(=O)(O)OCC[N+](C)(C)C. The summed E-state index contributed by atoms with van der Waals surface area (Å²) < 4.78 is 32.8. The van der Waals surface area contributed by atoms with Crippen LogP contribution in [0.4, 0.5) is 0 Å². The fraction of sp³-hybridized carbons (Fsp3) is 0.714. The minimum atomic E-state index is -4.33. The normalized spacial score (nSPS) is 14.8. The highest BCUT2D eigenvalue weighted by Crippen LogP contribution is 2.43. The number of rotatable bonds is 23. The maximum atomic E-state index is 12.2. The number of quaternary nitrogens is 1. The largest absolute Gasteiger partial charge is 0.472 e. The second-order valence-electron chi connectivity index (χ2n) is 10.1. The molecular weight excluding hydrogens is 509 g/mol. The summed E-state index contributed by atoms with van der Waals surface area (Å²) in [5.74, 6) is -1.02. The minimum absolute atomic E-state index is 0.0243. The third-order valence-corrected chi connectivity index (χ3v) is 6.23. The smallest absolute Gasteiger partial charge is 0.462 e. The minimum Gasteiger partial charge on any atom is -0.462 e. The zero-order valence-corrected chi connectivity index (χ0v) is 25.0. The van der Waals surface area contributed by atoms with E-state index in [1.54, 1.807) is 0 Å². The summed E-state index contributed by atoms with van der Waals surface area (Å²) in [6, 6.07) is 0. The fourth-order valence-electron chi connectivity index (χ4n) is 3.10. The summed E-state index contributed by atoms with van der Waals surface area (Å²) in [6.07, 6.45) is 21.3. The number of hydrogen-bond donors (Lipinski definition) is 1. The van der Waals surface area contributed by atoms with Crippen LogP contribution in [0.15, 0.2) is 36.5 Å². The first-order valence-corrected chi connectivity index (χ1v) is 15.1. The molecule has 0 heterocycles. The van der Waals surface area contributed by atoms with Crippen molar-refractivity contribution in [3.63, 3.8) is 0 Å². The van der Waals surface area contributed by atoms with Gasteiger partial charge in [-0.15, -0.1) is 0 Å². The van der Waals surface area contributed by atoms with Crippen molar-refractivity contribution in [1.82, 2.24) is 0 Å². The van der Waals surface area contributed by atoms with Crippen molar-refractivity contribution < 1.29 is 42.1 Å². The predicted molar refractivity (Wildman–Crippen MR) is 150 cm³/mol. The summed E-state index contributed by atoms with van der Waals surface area (Å²) in [5, 5.41) is 0. The molecule has 0 aliphatic carbocycles. The molecule has 0 saturated carbocycles. The highest BCUT2D eigenvalue weighted by atomic mass is 31.2. The number of carbonyl (C=O) groups is 2. The van der Waals surface area contributed by atoms with Crippen LogP contribution < -0.4 is 0 Å². The number of carbonyl (C=O) groups excluding carboxylic acids is 2. The third kappa shape index (κ3) is 25.9. The molecule has 9 nitrogen and oxygen atoms in total. The van der Waals surface area contributed by atoms with E-state index in [1.807, 2.05) is 21.1 Å². The van der Waals surface area contributed by atoms with Crippen molar-refractivity contribution in [3.05, 3.63) is 36.5 Å². The Morgan fingerprint density at radius 1 is 0.868 bits per heavy atom. The standard InChI is InChI=1S/C28H50NO8P/c1-6-7-8-9-10-11-12-13-14-15-16-17-18-19-20-21-28(31)37-27(24-34-26(2)30)25-36-38(32,33)35-23-22-29(3,4)5/h7-8,10-11,13-14,27H,6,9,12,15-25H2,1-5H3/p+1/b8-7-,11-10-,14-13-. The lowest BCUT2D eigenvalue weighted by atomic mass is 10.1. The molecule has 0 aliphatic rings. The first-order chi connectivity index (χ1) is 17.9. The zero-order chi connectivity index (χ0) is 28.7. The van der Waals surface area contributed by atoms with Crippen LogP contribution in [0.1, 0.15) is 78.1 Å². The second-order valence-corrected chi connectivity index (χ2v) is 11.6. The Morgan fingerprint density at radius 2 is 1.47 bits per heavy atom. The van der Waals surface area contributed by atoms with Crippen molar-refractivity contribution in [2.24, 2.45) is 0 Å². The molecule has 0 fully saturated rings. The fourth-order valence-corrected chi connectivity index (χ4v) is 3.85. The first kappa shape index (κ1) is 36.2. The van der Waals surface area contributed by atoms with Gasteiger partial charge < -0.3 is 18.9 Å². The molecule has 0 aromatic rings. The summed E-state index contributed by atoms with van der Waals surface area (Å²) in [4.78, 5) is 33.3. The number of ether oxygens (including phenoxy) is 2. The quantitative estimate of drug-likeness (QED) is 0.0542. The van der Waals surface area contributed by atoms with Gasteiger partial charge in [0.2, 0.25) is 0 Å². The van der Waals surface area contributed by atoms with Crippen LogP contribution in [0.5, 0.6) is 0 Å². The van der Waals surface area contributed by atoms with Crippen LogP contribution in [-0.2, 0) is 32.7 Å². The number of hydrogen-bond acceptors (Lipinski definition) is 7. The van der Waals surface area contributed by atoms with Crippen LogP contribution >= 0.6 is 7.82 Å². The molecule has 0 rings (SSSR count). The lowest BCUT2D eigenvalue weighted by Crippen LogP contribution is -2.37. The number of allylic oxidation sites excluding steroid dienone is 6. The highest BCUT2D eigenvalue weighted by molar-refractivity contribution is 7.47. The maximum absolute atomic E-state index is 12.2. The van der Waals surface area contributed by atoms with E-state index in [4.69, 9.17) is 18.5 Å². The van der Waals surface area contributed by atoms with Crippen molar-refractivity contribution in [2.45, 2.75) is 84.2 Å². The molecule has 2 atom stereocenters. The molecule has 1 N–H and O–H groups in total. The average molecular weight is 561 g/mol. The summed E-state index contributed by atoms with van der Waals surface area (Å²) >= 11 is 0. The second kappa shape index (κ2) is 22.1. The van der Waals surface area contributed by atoms with Gasteiger partial charge in [-0.2, -0.15) is 0 Å². The summed E-state index contributed by atoms with van der Waals surface area (Å²) in [5.41, 5.74) is 0. The number of phosphoric ester groups is 1. The molecule has 0 radical (unpaired) electrons. The van der Waals surface area contributed by atoms with Gasteiger partial charge >= 0.3 is 19.8 Å². The van der Waals surface area contributed by atoms with Gasteiger partial charge in [0, 0.05) is 13.3 Å². The van der Waals surface area contributed by atoms with Crippen LogP contribution in [0.2, 0.25) is 0 Å². The Hall–Kier alpha value is -1.77. The lowest BCUT2D eigenvalue weighted by Gasteiger charge is -2.24. The van der Waals surface area contributed by atoms with E-state index in [0.717, 1.165) is 51.4 Å². The van der Waals surface area contributed by atoms with Crippen LogP contribution in [0.3, 0.4) is 0 Å². The van der Waals surface area contributed by atoms with E-state index < -0.39 is 32.5 Å². The first-order valence-electron chi connectivity index (χ1n) is 13.7. The Morgan fingerprint density at radius 3 is 2.11 bits per heavy atom. The monoisotopic (exact) mass is 560 g/mol. The molecule has 0 amide bonds. The Bertz CT molecular complexity index is 773. The number of esters is 2. The summed E-state index contributed by atoms with van der Waals surface area (Å²) in [6.45, 7) is 3.20. The topological polar surface area (TPSA) is 108 Å². The lowest BCUT2D eigenvalue weighted by molar-refractivity contribution is -0.870. The van der Waals surface area contributed by atoms with Gasteiger partial charge in [0.25, 0.3) is 0 Å². The molecule has 0 aromatic heterocycles. The highest BCUT2D eigenvalue weighted by Gasteiger charge is 2.26. The number of unbranched alkanes of at least 4 members (excludes halogenated alkanes) is 5. The molecule has 2 unspecified atom stereocenters. The molecule has 10 heteroatoms. The van der Waals surface area contributed by atoms with E-state index in [2.05, 4.69) is 43.4 Å². The number of phosphoric acid groups is 1. The van der Waals surface area contributed by atoms with Gasteiger partial charge in [-0.05, 0) is 38.5 Å². The number of likely N-dealkylation sites (N-methyl/N-ethyl adjacent to an activating group) is 1. The van der Waals surface area contributed by atoms with Crippen molar-refractivity contribution >= 4 is 19.8 Å². The summed E-state index contributed by atoms with van der Waals surface area (Å²) in [7, 11) is 1.44. The van der Waals surface area contributed by atoms with Gasteiger partial charge in [0.05, 0.1) is 27.7 Å². The van der Waals surface area contributed by atoms with Crippen LogP contribution in [0.25, 0.3) is 0 Å². The Labute approximate surface area is 230 Å². The van der Waals surface area contributed by atoms with E-state index in [0.29, 0.717) is 17.4 Å². The van der Waals surface area contributed by atoms with Gasteiger partial charge in [-0.25, -0.2) is 4.57 Å². The number of nitrogens with zero attached hydrogens (tertiary/aromatic N) is 1. The van der Waals surface area contributed by atoms with E-state index in [-0.39, 0.29) is 19.6 Å². The molecule has 0 spiro atoms. The maximum Gasteiger partial charge on any atom is 0.472 e. The van der Waals surface area contributed by atoms with Gasteiger partial charge in [0.15, 0.2) is 6.10 Å². The average Bonchev–Trinajstić information content (AvgIpc) is 2.82. The van der Waals surface area contributed by atoms with Crippen molar-refractivity contribution in [3.8, 4) is 0 Å². The van der Waals surface area contributed by atoms with E-state index >= 15 is 0 Å². The zero-order valence-electron chi connectivity index (χ0n) is 24.1. The molecule has 0 saturated heterocycles. The molecule has 0 aliphatic heterocycles. The Kier molecular flexibility index (Phi) is 21.1. The van der Waals surface area contributed by atoms with Crippen molar-refractivity contribution in [1.29, 1.82) is 0 Å². The predicted octanol–water partition coefficient (Wildman–Crippen LogP) is 5.89. The molecule has 38 heavy (non-hydrogen) atoms. The molecular formula is C28H51NO8P+. The third-order valence-electron chi connectivity index (χ3n) is 5.24. The Balaban J connectivity index is 4.14. The molecule has 0 aromatic carbocycles. The van der Waals surface area contributed by atoms with Crippen LogP contribution in [-0.4, -0.2) is 74.9 Å². The molecule has 0 bridgehead atoms.